The third-order valence-corrected chi connectivity index (χ3v) is 16.8. The lowest BCUT2D eigenvalue weighted by atomic mass is 9.51. The van der Waals surface area contributed by atoms with Crippen LogP contribution in [-0.2, 0) is 13.9 Å². The monoisotopic (exact) mass is 612 g/mol. The molecule has 0 aromatic rings. The van der Waals surface area contributed by atoms with Gasteiger partial charge in [-0.15, -0.1) is 0 Å². The summed E-state index contributed by atoms with van der Waals surface area (Å²) in [7, 11) is -1.78. The number of halogens is 1. The first-order valence-corrected chi connectivity index (χ1v) is 18.5. The Morgan fingerprint density at radius 3 is 2.37 bits per heavy atom. The van der Waals surface area contributed by atoms with Gasteiger partial charge in [0, 0.05) is 21.7 Å². The van der Waals surface area contributed by atoms with E-state index in [-0.39, 0.29) is 21.3 Å². The zero-order valence-corrected chi connectivity index (χ0v) is 26.7. The van der Waals surface area contributed by atoms with E-state index in [2.05, 4.69) is 89.4 Å². The lowest BCUT2D eigenvalue weighted by Crippen LogP contribution is -2.53. The van der Waals surface area contributed by atoms with Crippen LogP contribution in [0.2, 0.25) is 18.1 Å². The van der Waals surface area contributed by atoms with E-state index in [0.29, 0.717) is 6.10 Å². The summed E-state index contributed by atoms with van der Waals surface area (Å²) >= 11 is 2.68. The van der Waals surface area contributed by atoms with E-state index < -0.39 is 14.1 Å². The second-order valence-electron chi connectivity index (χ2n) is 15.0. The minimum atomic E-state index is -1.78. The predicted octanol–water partition coefficient (Wildman–Crippen LogP) is 8.44. The fourth-order valence-electron chi connectivity index (χ4n) is 7.66. The molecule has 3 fully saturated rings. The van der Waals surface area contributed by atoms with Crippen molar-refractivity contribution >= 4 is 30.9 Å². The summed E-state index contributed by atoms with van der Waals surface area (Å²) in [4.78, 5) is 0. The van der Waals surface area contributed by atoms with Gasteiger partial charge in [-0.25, -0.2) is 0 Å². The molecular formula is C30H49IO3Si. The van der Waals surface area contributed by atoms with E-state index in [1.54, 1.807) is 11.1 Å². The van der Waals surface area contributed by atoms with Gasteiger partial charge in [-0.1, -0.05) is 81.4 Å². The summed E-state index contributed by atoms with van der Waals surface area (Å²) in [6.45, 7) is 20.6. The van der Waals surface area contributed by atoms with Crippen molar-refractivity contribution in [3.63, 3.8) is 0 Å². The number of ether oxygens (including phenoxy) is 2. The van der Waals surface area contributed by atoms with E-state index in [1.807, 2.05) is 0 Å². The molecule has 0 N–H and O–H groups in total. The van der Waals surface area contributed by atoms with Crippen molar-refractivity contribution in [3.8, 4) is 0 Å². The molecule has 0 radical (unpaired) electrons. The minimum absolute atomic E-state index is 0.112. The molecule has 1 unspecified atom stereocenters. The summed E-state index contributed by atoms with van der Waals surface area (Å²) in [5, 5.41) is 0.267. The molecule has 4 aliphatic carbocycles. The largest absolute Gasteiger partial charge is 0.413 e. The SMILES string of the molecule is CC1(C)COC2(C=C3CCC4C(=CC[C@]5(C)[C@@H](O[Si](C)(C)C(C)(C)C)CC[C@@H]45)[C@@]3(CI)CC2)OC1. The molecule has 1 spiro atoms. The van der Waals surface area contributed by atoms with Crippen molar-refractivity contribution in [2.75, 3.05) is 17.6 Å². The Morgan fingerprint density at radius 1 is 1.06 bits per heavy atom. The number of hydrogen-bond acceptors (Lipinski definition) is 3. The fraction of sp³-hybridized carbons (Fsp3) is 0.867. The number of fused-ring (bicyclic) bond motifs is 5. The highest BCUT2D eigenvalue weighted by atomic mass is 127. The van der Waals surface area contributed by atoms with Crippen molar-refractivity contribution in [3.05, 3.63) is 23.3 Å². The molecule has 5 aliphatic rings. The van der Waals surface area contributed by atoms with Gasteiger partial charge in [0.15, 0.2) is 14.1 Å². The van der Waals surface area contributed by atoms with Crippen LogP contribution in [0.1, 0.15) is 86.5 Å². The first-order chi connectivity index (χ1) is 16.2. The van der Waals surface area contributed by atoms with E-state index >= 15 is 0 Å². The third-order valence-electron chi connectivity index (χ3n) is 11.0. The summed E-state index contributed by atoms with van der Waals surface area (Å²) in [5.41, 5.74) is 3.99. The summed E-state index contributed by atoms with van der Waals surface area (Å²) in [6.07, 6.45) is 13.9. The number of rotatable bonds is 3. The van der Waals surface area contributed by atoms with Crippen LogP contribution in [0.3, 0.4) is 0 Å². The Labute approximate surface area is 229 Å². The highest BCUT2D eigenvalue weighted by Crippen LogP contribution is 2.65. The molecule has 0 amide bonds. The van der Waals surface area contributed by atoms with Gasteiger partial charge in [-0.2, -0.15) is 0 Å². The van der Waals surface area contributed by atoms with Crippen LogP contribution in [0.4, 0.5) is 0 Å². The molecular weight excluding hydrogens is 563 g/mol. The highest BCUT2D eigenvalue weighted by molar-refractivity contribution is 14.1. The van der Waals surface area contributed by atoms with Crippen molar-refractivity contribution < 1.29 is 13.9 Å². The van der Waals surface area contributed by atoms with Gasteiger partial charge >= 0.3 is 0 Å². The highest BCUT2D eigenvalue weighted by Gasteiger charge is 2.59. The van der Waals surface area contributed by atoms with Crippen LogP contribution < -0.4 is 0 Å². The summed E-state index contributed by atoms with van der Waals surface area (Å²) < 4.78 is 21.2. The first kappa shape index (κ1) is 26.9. The molecule has 1 saturated heterocycles. The number of allylic oxidation sites excluding steroid dienone is 3. The zero-order valence-electron chi connectivity index (χ0n) is 23.6. The fourth-order valence-corrected chi connectivity index (χ4v) is 10.4. The maximum atomic E-state index is 7.13. The molecule has 1 heterocycles. The lowest BCUT2D eigenvalue weighted by molar-refractivity contribution is -0.279. The van der Waals surface area contributed by atoms with E-state index in [1.165, 1.54) is 36.5 Å². The zero-order chi connectivity index (χ0) is 25.5. The first-order valence-electron chi connectivity index (χ1n) is 14.1. The minimum Gasteiger partial charge on any atom is -0.413 e. The standard InChI is InChI=1S/C30H49IO3Si/c1-26(2,3)35(7,8)34-25-12-11-23-22-10-9-21-17-30(32-19-27(4,5)20-33-30)16-15-29(21,18-31)24(22)13-14-28(23,25)6/h13,17,22-23,25H,9-12,14-16,18-20H2,1-8H3/t22?,23-,25-,28-,29+/m0/s1. The van der Waals surface area contributed by atoms with E-state index in [4.69, 9.17) is 13.9 Å². The molecule has 198 valence electrons. The van der Waals surface area contributed by atoms with E-state index in [0.717, 1.165) is 37.9 Å². The van der Waals surface area contributed by atoms with Crippen molar-refractivity contribution in [1.82, 2.24) is 0 Å². The van der Waals surface area contributed by atoms with Crippen LogP contribution in [0.15, 0.2) is 23.3 Å². The maximum absolute atomic E-state index is 7.13. The third kappa shape index (κ3) is 4.30. The van der Waals surface area contributed by atoms with E-state index in [9.17, 15) is 0 Å². The maximum Gasteiger partial charge on any atom is 0.192 e. The summed E-state index contributed by atoms with van der Waals surface area (Å²) in [5.74, 6) is 0.999. The normalized spacial score (nSPS) is 40.4. The van der Waals surface area contributed by atoms with Gasteiger partial charge in [-0.3, -0.25) is 0 Å². The molecule has 2 saturated carbocycles. The second-order valence-corrected chi connectivity index (χ2v) is 20.5. The van der Waals surface area contributed by atoms with Gasteiger partial charge in [0.2, 0.25) is 0 Å². The van der Waals surface area contributed by atoms with Gasteiger partial charge in [0.05, 0.1) is 19.3 Å². The molecule has 35 heavy (non-hydrogen) atoms. The van der Waals surface area contributed by atoms with Crippen LogP contribution in [0.5, 0.6) is 0 Å². The molecule has 5 rings (SSSR count). The molecule has 0 bridgehead atoms. The molecule has 3 nitrogen and oxygen atoms in total. The quantitative estimate of drug-likeness (QED) is 0.139. The van der Waals surface area contributed by atoms with Gasteiger partial charge in [0.25, 0.3) is 0 Å². The van der Waals surface area contributed by atoms with Crippen molar-refractivity contribution in [2.45, 2.75) is 117 Å². The van der Waals surface area contributed by atoms with Crippen molar-refractivity contribution in [2.24, 2.45) is 28.1 Å². The van der Waals surface area contributed by atoms with Crippen LogP contribution in [0, 0.1) is 28.1 Å². The summed E-state index contributed by atoms with van der Waals surface area (Å²) in [6, 6.07) is 0. The molecule has 0 aromatic heterocycles. The molecule has 5 heteroatoms. The lowest BCUT2D eigenvalue weighted by Gasteiger charge is -2.57. The smallest absolute Gasteiger partial charge is 0.192 e. The molecule has 5 atom stereocenters. The topological polar surface area (TPSA) is 27.7 Å². The Balaban J connectivity index is 1.42. The Hall–Kier alpha value is 0.307. The van der Waals surface area contributed by atoms with Gasteiger partial charge in [0.1, 0.15) is 0 Å². The van der Waals surface area contributed by atoms with Gasteiger partial charge < -0.3 is 13.9 Å². The van der Waals surface area contributed by atoms with Crippen molar-refractivity contribution in [1.29, 1.82) is 0 Å². The molecule has 0 aromatic carbocycles. The number of hydrogen-bond donors (Lipinski definition) is 0. The Kier molecular flexibility index (Phi) is 6.65. The predicted molar refractivity (Wildman–Crippen MR) is 155 cm³/mol. The van der Waals surface area contributed by atoms with Crippen LogP contribution >= 0.6 is 22.6 Å². The van der Waals surface area contributed by atoms with Gasteiger partial charge in [-0.05, 0) is 80.0 Å². The number of alkyl halides is 1. The van der Waals surface area contributed by atoms with Crippen LogP contribution in [0.25, 0.3) is 0 Å². The molecule has 1 aliphatic heterocycles. The van der Waals surface area contributed by atoms with Crippen LogP contribution in [-0.4, -0.2) is 37.8 Å². The average Bonchev–Trinajstić information content (AvgIpc) is 3.11. The Morgan fingerprint density at radius 2 is 1.74 bits per heavy atom. The average molecular weight is 613 g/mol. The Bertz CT molecular complexity index is 905. The second kappa shape index (κ2) is 8.66.